The molecule has 0 radical (unpaired) electrons. The molecule has 2 unspecified atom stereocenters. The van der Waals surface area contributed by atoms with Crippen LogP contribution >= 0.6 is 23.2 Å². The highest BCUT2D eigenvalue weighted by atomic mass is 35.5. The number of benzene rings is 2. The average molecular weight is 613 g/mol. The number of esters is 1. The Hall–Kier alpha value is -3.50. The van der Waals surface area contributed by atoms with Gasteiger partial charge in [-0.1, -0.05) is 43.1 Å². The second kappa shape index (κ2) is 12.6. The first-order valence-corrected chi connectivity index (χ1v) is 13.6. The van der Waals surface area contributed by atoms with Gasteiger partial charge in [-0.05, 0) is 61.7 Å². The fourth-order valence-electron chi connectivity index (χ4n) is 4.10. The summed E-state index contributed by atoms with van der Waals surface area (Å²) < 4.78 is 62.2. The summed E-state index contributed by atoms with van der Waals surface area (Å²) in [4.78, 5) is 12.3. The Morgan fingerprint density at radius 2 is 1.90 bits per heavy atom. The van der Waals surface area contributed by atoms with Gasteiger partial charge in [0.25, 0.3) is 0 Å². The lowest BCUT2D eigenvalue weighted by Gasteiger charge is -2.17. The molecule has 7 nitrogen and oxygen atoms in total. The highest BCUT2D eigenvalue weighted by molar-refractivity contribution is 6.32. The molecule has 2 aromatic carbocycles. The molecular formula is C29H29Cl2F3N2O5. The summed E-state index contributed by atoms with van der Waals surface area (Å²) >= 11 is 12.4. The van der Waals surface area contributed by atoms with Gasteiger partial charge in [0, 0.05) is 24.2 Å². The maximum atomic E-state index is 13.0. The van der Waals surface area contributed by atoms with E-state index in [1.807, 2.05) is 13.8 Å². The lowest BCUT2D eigenvalue weighted by atomic mass is 10.2. The van der Waals surface area contributed by atoms with Crippen molar-refractivity contribution in [3.8, 4) is 17.2 Å². The first kappa shape index (κ1) is 30.5. The maximum absolute atomic E-state index is 13.0. The molecule has 2 atom stereocenters. The molecule has 0 spiro atoms. The Morgan fingerprint density at radius 3 is 2.56 bits per heavy atom. The topological polar surface area (TPSA) is 71.0 Å². The summed E-state index contributed by atoms with van der Waals surface area (Å²) in [6, 6.07) is 9.12. The third-order valence-electron chi connectivity index (χ3n) is 6.04. The molecule has 0 fully saturated rings. The van der Waals surface area contributed by atoms with Crippen LogP contribution in [0.5, 0.6) is 17.2 Å². The minimum Gasteiger partial charge on any atom is -0.477 e. The lowest BCUT2D eigenvalue weighted by molar-refractivity contribution is -0.274. The lowest BCUT2D eigenvalue weighted by Crippen LogP contribution is -2.27. The van der Waals surface area contributed by atoms with E-state index >= 15 is 0 Å². The zero-order valence-electron chi connectivity index (χ0n) is 22.7. The normalized spacial score (nSPS) is 15.9. The van der Waals surface area contributed by atoms with Crippen LogP contribution in [0.15, 0.2) is 60.5 Å². The van der Waals surface area contributed by atoms with Gasteiger partial charge in [0.05, 0.1) is 22.8 Å². The number of alkyl halides is 4. The van der Waals surface area contributed by atoms with Crippen molar-refractivity contribution in [2.45, 2.75) is 52.2 Å². The molecule has 1 aromatic heterocycles. The van der Waals surface area contributed by atoms with E-state index in [-0.39, 0.29) is 41.1 Å². The monoisotopic (exact) mass is 612 g/mol. The standard InChI is InChI=1S/C29H29Cl2F3N2O5/c1-16(2)15-38-28(37)18(4)39-25-11-19(5-9-23(25)30)14-36-17(3)27(40-21-7-10-26(31)35-13-21)22-8-6-20(12-24(22)36)41-29(32,33)34/h5-13,16,18,26,35H,14-15H2,1-4H3. The largest absolute Gasteiger partial charge is 0.573 e. The Morgan fingerprint density at radius 1 is 1.15 bits per heavy atom. The molecule has 4 rings (SSSR count). The number of hydrogen-bond acceptors (Lipinski definition) is 6. The zero-order valence-corrected chi connectivity index (χ0v) is 24.2. The van der Waals surface area contributed by atoms with Crippen molar-refractivity contribution >= 4 is 40.1 Å². The number of ether oxygens (including phenoxy) is 4. The number of hydrogen-bond donors (Lipinski definition) is 1. The minimum atomic E-state index is -4.85. The number of fused-ring (bicyclic) bond motifs is 1. The summed E-state index contributed by atoms with van der Waals surface area (Å²) in [5, 5.41) is 3.79. The predicted octanol–water partition coefficient (Wildman–Crippen LogP) is 7.46. The van der Waals surface area contributed by atoms with Gasteiger partial charge >= 0.3 is 12.3 Å². The second-order valence-corrected chi connectivity index (χ2v) is 10.7. The van der Waals surface area contributed by atoms with Gasteiger partial charge in [0.1, 0.15) is 22.8 Å². The number of carbonyl (C=O) groups excluding carboxylic acids is 1. The van der Waals surface area contributed by atoms with Crippen molar-refractivity contribution in [3.05, 3.63) is 76.8 Å². The molecule has 0 aliphatic carbocycles. The molecule has 1 aliphatic rings. The van der Waals surface area contributed by atoms with Crippen LogP contribution in [-0.4, -0.2) is 35.1 Å². The van der Waals surface area contributed by atoms with Gasteiger partial charge in [-0.15, -0.1) is 13.2 Å². The van der Waals surface area contributed by atoms with Gasteiger partial charge < -0.3 is 28.8 Å². The Kier molecular flexibility index (Phi) is 9.34. The number of carbonyl (C=O) groups is 1. The van der Waals surface area contributed by atoms with E-state index in [2.05, 4.69) is 10.1 Å². The molecule has 2 heterocycles. The van der Waals surface area contributed by atoms with Gasteiger partial charge in [-0.3, -0.25) is 0 Å². The third kappa shape index (κ3) is 7.83. The van der Waals surface area contributed by atoms with E-state index in [9.17, 15) is 18.0 Å². The van der Waals surface area contributed by atoms with Gasteiger partial charge in [0.2, 0.25) is 0 Å². The fourth-order valence-corrected chi connectivity index (χ4v) is 4.40. The second-order valence-electron chi connectivity index (χ2n) is 9.85. The highest BCUT2D eigenvalue weighted by Crippen LogP contribution is 2.38. The number of nitrogens with one attached hydrogen (secondary N) is 1. The Labute approximate surface area is 245 Å². The smallest absolute Gasteiger partial charge is 0.477 e. The molecule has 41 heavy (non-hydrogen) atoms. The molecule has 0 bridgehead atoms. The molecular weight excluding hydrogens is 584 g/mol. The number of allylic oxidation sites excluding steroid dienone is 1. The van der Waals surface area contributed by atoms with Gasteiger partial charge in [-0.25, -0.2) is 4.79 Å². The van der Waals surface area contributed by atoms with Crippen molar-refractivity contribution in [2.75, 3.05) is 6.61 Å². The molecule has 220 valence electrons. The summed E-state index contributed by atoms with van der Waals surface area (Å²) in [6.07, 6.45) is -0.742. The van der Waals surface area contributed by atoms with E-state index in [4.69, 9.17) is 37.4 Å². The number of rotatable bonds is 10. The fraction of sp³-hybridized carbons (Fsp3) is 0.345. The maximum Gasteiger partial charge on any atom is 0.573 e. The highest BCUT2D eigenvalue weighted by Gasteiger charge is 2.31. The molecule has 0 amide bonds. The predicted molar refractivity (Wildman–Crippen MR) is 150 cm³/mol. The van der Waals surface area contributed by atoms with Crippen molar-refractivity contribution in [2.24, 2.45) is 5.92 Å². The van der Waals surface area contributed by atoms with Crippen molar-refractivity contribution in [1.29, 1.82) is 0 Å². The number of aromatic nitrogens is 1. The Bertz CT molecular complexity index is 1480. The first-order chi connectivity index (χ1) is 19.3. The zero-order chi connectivity index (χ0) is 29.9. The van der Waals surface area contributed by atoms with Crippen molar-refractivity contribution in [3.63, 3.8) is 0 Å². The van der Waals surface area contributed by atoms with Crippen LogP contribution in [0.4, 0.5) is 13.2 Å². The van der Waals surface area contributed by atoms with Crippen LogP contribution in [0.3, 0.4) is 0 Å². The number of halogens is 5. The number of dihydropyridines is 1. The summed E-state index contributed by atoms with van der Waals surface area (Å²) in [7, 11) is 0. The average Bonchev–Trinajstić information content (AvgIpc) is 3.14. The quantitative estimate of drug-likeness (QED) is 0.146. The molecule has 1 aliphatic heterocycles. The molecule has 1 N–H and O–H groups in total. The molecule has 12 heteroatoms. The van der Waals surface area contributed by atoms with Gasteiger partial charge in [0.15, 0.2) is 11.9 Å². The third-order valence-corrected chi connectivity index (χ3v) is 6.62. The van der Waals surface area contributed by atoms with Crippen LogP contribution < -0.4 is 19.5 Å². The summed E-state index contributed by atoms with van der Waals surface area (Å²) in [5.41, 5.74) is 1.43. The minimum absolute atomic E-state index is 0.174. The Balaban J connectivity index is 1.68. The van der Waals surface area contributed by atoms with Crippen LogP contribution in [0.1, 0.15) is 32.0 Å². The van der Waals surface area contributed by atoms with Crippen molar-refractivity contribution in [1.82, 2.24) is 9.88 Å². The van der Waals surface area contributed by atoms with E-state index in [0.717, 1.165) is 0 Å². The number of nitrogens with zero attached hydrogens (tertiary/aromatic N) is 1. The summed E-state index contributed by atoms with van der Waals surface area (Å²) in [6.45, 7) is 7.70. The van der Waals surface area contributed by atoms with E-state index in [1.54, 1.807) is 55.0 Å². The van der Waals surface area contributed by atoms with E-state index in [1.165, 1.54) is 18.2 Å². The molecule has 3 aromatic rings. The van der Waals surface area contributed by atoms with E-state index < -0.39 is 18.4 Å². The first-order valence-electron chi connectivity index (χ1n) is 12.8. The molecule has 0 saturated heterocycles. The van der Waals surface area contributed by atoms with Crippen LogP contribution in [0.25, 0.3) is 10.9 Å². The van der Waals surface area contributed by atoms with Crippen molar-refractivity contribution < 1.29 is 36.9 Å². The summed E-state index contributed by atoms with van der Waals surface area (Å²) in [5.74, 6) is 0.480. The SMILES string of the molecule is Cc1c(OC2=CNC(Cl)C=C2)c2ccc(OC(F)(F)F)cc2n1Cc1ccc(Cl)c(OC(C)C(=O)OCC(C)C)c1. The van der Waals surface area contributed by atoms with Crippen LogP contribution in [0.2, 0.25) is 5.02 Å². The van der Waals surface area contributed by atoms with Crippen LogP contribution in [0, 0.1) is 12.8 Å². The van der Waals surface area contributed by atoms with Gasteiger partial charge in [-0.2, -0.15) is 0 Å². The molecule has 0 saturated carbocycles. The van der Waals surface area contributed by atoms with E-state index in [0.29, 0.717) is 33.7 Å². The van der Waals surface area contributed by atoms with Crippen LogP contribution in [-0.2, 0) is 16.1 Å².